The van der Waals surface area contributed by atoms with Crippen LogP contribution in [-0.4, -0.2) is 0 Å². The van der Waals surface area contributed by atoms with Crippen molar-refractivity contribution in [2.24, 2.45) is 5.73 Å². The minimum atomic E-state index is 0.176. The number of hydrogen-bond donors (Lipinski definition) is 1. The number of halogens is 1. The third kappa shape index (κ3) is 3.12. The minimum absolute atomic E-state index is 0.176. The van der Waals surface area contributed by atoms with Crippen molar-refractivity contribution in [3.05, 3.63) is 34.3 Å². The summed E-state index contributed by atoms with van der Waals surface area (Å²) in [5.74, 6) is 0. The number of hydrogen-bond acceptors (Lipinski definition) is 1. The van der Waals surface area contributed by atoms with Gasteiger partial charge < -0.3 is 5.73 Å². The van der Waals surface area contributed by atoms with Gasteiger partial charge in [-0.3, -0.25) is 0 Å². The molecule has 0 unspecified atom stereocenters. The molecule has 0 aliphatic heterocycles. The number of benzene rings is 1. The molecule has 1 aromatic rings. The fourth-order valence-electron chi connectivity index (χ4n) is 1.36. The van der Waals surface area contributed by atoms with Gasteiger partial charge in [-0.2, -0.15) is 0 Å². The first-order valence-electron chi connectivity index (χ1n) is 4.75. The maximum atomic E-state index is 6.05. The number of rotatable bonds is 4. The molecule has 0 bridgehead atoms. The number of unbranched alkanes of at least 4 members (excludes halogenated alkanes) is 1. The molecule has 0 amide bonds. The lowest BCUT2D eigenvalue weighted by atomic mass is 10.0. The van der Waals surface area contributed by atoms with Crippen molar-refractivity contribution in [1.29, 1.82) is 0 Å². The lowest BCUT2D eigenvalue weighted by Crippen LogP contribution is -2.10. The van der Waals surface area contributed by atoms with Crippen molar-refractivity contribution >= 4 is 15.9 Å². The Hall–Kier alpha value is -0.340. The molecule has 2 N–H and O–H groups in total. The van der Waals surface area contributed by atoms with Crippen LogP contribution in [0.2, 0.25) is 0 Å². The van der Waals surface area contributed by atoms with E-state index in [9.17, 15) is 0 Å². The molecule has 1 aromatic carbocycles. The van der Waals surface area contributed by atoms with E-state index in [1.807, 2.05) is 18.2 Å². The van der Waals surface area contributed by atoms with E-state index in [1.165, 1.54) is 18.4 Å². The summed E-state index contributed by atoms with van der Waals surface area (Å²) in [4.78, 5) is 0. The molecular formula is C11H16BrN. The van der Waals surface area contributed by atoms with Gasteiger partial charge in [0.1, 0.15) is 0 Å². The minimum Gasteiger partial charge on any atom is -0.324 e. The molecule has 0 spiro atoms. The zero-order valence-electron chi connectivity index (χ0n) is 7.96. The van der Waals surface area contributed by atoms with Gasteiger partial charge in [-0.05, 0) is 18.1 Å². The van der Waals surface area contributed by atoms with Crippen LogP contribution in [0.25, 0.3) is 0 Å². The molecule has 2 heteroatoms. The number of nitrogens with two attached hydrogens (primary N) is 1. The van der Waals surface area contributed by atoms with Gasteiger partial charge in [-0.1, -0.05) is 53.9 Å². The Morgan fingerprint density at radius 2 is 2.08 bits per heavy atom. The van der Waals surface area contributed by atoms with E-state index in [1.54, 1.807) is 0 Å². The van der Waals surface area contributed by atoms with Gasteiger partial charge in [0.15, 0.2) is 0 Å². The molecule has 0 fully saturated rings. The van der Waals surface area contributed by atoms with E-state index in [2.05, 4.69) is 28.9 Å². The standard InChI is InChI=1S/C11H16BrN/c1-2-3-8-11(13)9-6-4-5-7-10(9)12/h4-7,11H,2-3,8,13H2,1H3/t11-/m1/s1. The van der Waals surface area contributed by atoms with Gasteiger partial charge in [-0.25, -0.2) is 0 Å². The molecule has 1 rings (SSSR count). The predicted octanol–water partition coefficient (Wildman–Crippen LogP) is 3.64. The van der Waals surface area contributed by atoms with Crippen molar-refractivity contribution in [2.75, 3.05) is 0 Å². The first-order chi connectivity index (χ1) is 6.25. The second-order valence-electron chi connectivity index (χ2n) is 3.27. The maximum absolute atomic E-state index is 6.05. The van der Waals surface area contributed by atoms with Gasteiger partial charge in [0.2, 0.25) is 0 Å². The monoisotopic (exact) mass is 241 g/mol. The van der Waals surface area contributed by atoms with Crippen molar-refractivity contribution in [3.8, 4) is 0 Å². The summed E-state index contributed by atoms with van der Waals surface area (Å²) < 4.78 is 1.12. The highest BCUT2D eigenvalue weighted by molar-refractivity contribution is 9.10. The average Bonchev–Trinajstić information content (AvgIpc) is 2.15. The van der Waals surface area contributed by atoms with Crippen LogP contribution in [0.3, 0.4) is 0 Å². The fraction of sp³-hybridized carbons (Fsp3) is 0.455. The second kappa shape index (κ2) is 5.40. The molecule has 0 aliphatic rings. The van der Waals surface area contributed by atoms with Crippen LogP contribution < -0.4 is 5.73 Å². The van der Waals surface area contributed by atoms with Gasteiger partial charge >= 0.3 is 0 Å². The Balaban J connectivity index is 2.65. The van der Waals surface area contributed by atoms with E-state index in [-0.39, 0.29) is 6.04 Å². The first-order valence-corrected chi connectivity index (χ1v) is 5.55. The quantitative estimate of drug-likeness (QED) is 0.856. The van der Waals surface area contributed by atoms with Crippen LogP contribution in [-0.2, 0) is 0 Å². The largest absolute Gasteiger partial charge is 0.324 e. The lowest BCUT2D eigenvalue weighted by molar-refractivity contribution is 0.601. The summed E-state index contributed by atoms with van der Waals surface area (Å²) in [6, 6.07) is 8.35. The van der Waals surface area contributed by atoms with Gasteiger partial charge in [-0.15, -0.1) is 0 Å². The maximum Gasteiger partial charge on any atom is 0.0306 e. The Bertz CT molecular complexity index is 260. The Morgan fingerprint density at radius 3 is 2.69 bits per heavy atom. The van der Waals surface area contributed by atoms with E-state index < -0.39 is 0 Å². The Kier molecular flexibility index (Phi) is 4.46. The van der Waals surface area contributed by atoms with Crippen LogP contribution in [0.4, 0.5) is 0 Å². The van der Waals surface area contributed by atoms with Crippen LogP contribution in [0.5, 0.6) is 0 Å². The zero-order valence-corrected chi connectivity index (χ0v) is 9.55. The highest BCUT2D eigenvalue weighted by atomic mass is 79.9. The average molecular weight is 242 g/mol. The summed E-state index contributed by atoms with van der Waals surface area (Å²) in [6.07, 6.45) is 3.47. The molecule has 0 saturated carbocycles. The van der Waals surface area contributed by atoms with Gasteiger partial charge in [0.05, 0.1) is 0 Å². The smallest absolute Gasteiger partial charge is 0.0306 e. The normalized spacial score (nSPS) is 12.8. The highest BCUT2D eigenvalue weighted by Gasteiger charge is 2.07. The molecule has 0 aromatic heterocycles. The van der Waals surface area contributed by atoms with Crippen molar-refractivity contribution in [3.63, 3.8) is 0 Å². The zero-order chi connectivity index (χ0) is 9.68. The molecule has 1 nitrogen and oxygen atoms in total. The third-order valence-electron chi connectivity index (χ3n) is 2.17. The van der Waals surface area contributed by atoms with E-state index in [4.69, 9.17) is 5.73 Å². The molecule has 72 valence electrons. The molecule has 0 radical (unpaired) electrons. The van der Waals surface area contributed by atoms with Crippen LogP contribution in [0.15, 0.2) is 28.7 Å². The molecule has 13 heavy (non-hydrogen) atoms. The third-order valence-corrected chi connectivity index (χ3v) is 2.90. The summed E-state index contributed by atoms with van der Waals surface area (Å²) in [7, 11) is 0. The van der Waals surface area contributed by atoms with Gasteiger partial charge in [0, 0.05) is 10.5 Å². The van der Waals surface area contributed by atoms with E-state index in [0.29, 0.717) is 0 Å². The highest BCUT2D eigenvalue weighted by Crippen LogP contribution is 2.24. The Morgan fingerprint density at radius 1 is 1.38 bits per heavy atom. The molecule has 0 heterocycles. The second-order valence-corrected chi connectivity index (χ2v) is 4.12. The SMILES string of the molecule is CCCC[C@@H](N)c1ccccc1Br. The fourth-order valence-corrected chi connectivity index (χ4v) is 1.93. The Labute approximate surface area is 88.5 Å². The summed E-state index contributed by atoms with van der Waals surface area (Å²) in [6.45, 7) is 2.19. The van der Waals surface area contributed by atoms with E-state index >= 15 is 0 Å². The molecule has 0 saturated heterocycles. The topological polar surface area (TPSA) is 26.0 Å². The summed E-state index contributed by atoms with van der Waals surface area (Å²) in [5.41, 5.74) is 7.27. The predicted molar refractivity (Wildman–Crippen MR) is 60.6 cm³/mol. The molecule has 0 aliphatic carbocycles. The van der Waals surface area contributed by atoms with Crippen molar-refractivity contribution in [1.82, 2.24) is 0 Å². The molecular weight excluding hydrogens is 226 g/mol. The van der Waals surface area contributed by atoms with Crippen LogP contribution >= 0.6 is 15.9 Å². The summed E-state index contributed by atoms with van der Waals surface area (Å²) >= 11 is 3.51. The van der Waals surface area contributed by atoms with E-state index in [0.717, 1.165) is 10.9 Å². The van der Waals surface area contributed by atoms with Crippen LogP contribution in [0, 0.1) is 0 Å². The van der Waals surface area contributed by atoms with Gasteiger partial charge in [0.25, 0.3) is 0 Å². The lowest BCUT2D eigenvalue weighted by Gasteiger charge is -2.12. The summed E-state index contributed by atoms with van der Waals surface area (Å²) in [5, 5.41) is 0. The molecule has 1 atom stereocenters. The van der Waals surface area contributed by atoms with Crippen LogP contribution in [0.1, 0.15) is 37.8 Å². The van der Waals surface area contributed by atoms with Crippen molar-refractivity contribution < 1.29 is 0 Å². The first kappa shape index (κ1) is 10.7. The van der Waals surface area contributed by atoms with Crippen molar-refractivity contribution in [2.45, 2.75) is 32.2 Å².